The second-order valence-electron chi connectivity index (χ2n) is 4.71. The van der Waals surface area contributed by atoms with Gasteiger partial charge in [-0.3, -0.25) is 4.79 Å². The molecule has 2 aromatic rings. The SMILES string of the molecule is CC(NCc1ccc(-c2cccc(Cl)c2)cc1)C(N)=O. The first kappa shape index (κ1) is 14.6. The molecular formula is C16H17ClN2O. The number of hydrogen-bond acceptors (Lipinski definition) is 2. The average molecular weight is 289 g/mol. The van der Waals surface area contributed by atoms with E-state index in [2.05, 4.69) is 5.32 Å². The number of benzene rings is 2. The zero-order valence-corrected chi connectivity index (χ0v) is 12.0. The summed E-state index contributed by atoms with van der Waals surface area (Å²) in [5, 5.41) is 3.80. The van der Waals surface area contributed by atoms with E-state index in [1.54, 1.807) is 6.92 Å². The highest BCUT2D eigenvalue weighted by molar-refractivity contribution is 6.30. The fourth-order valence-corrected chi connectivity index (χ4v) is 2.04. The molecule has 20 heavy (non-hydrogen) atoms. The van der Waals surface area contributed by atoms with Crippen molar-refractivity contribution < 1.29 is 4.79 Å². The van der Waals surface area contributed by atoms with Gasteiger partial charge >= 0.3 is 0 Å². The summed E-state index contributed by atoms with van der Waals surface area (Å²) in [6.45, 7) is 2.36. The van der Waals surface area contributed by atoms with Gasteiger partial charge in [0.2, 0.25) is 5.91 Å². The molecule has 0 heterocycles. The number of amides is 1. The summed E-state index contributed by atoms with van der Waals surface area (Å²) < 4.78 is 0. The molecule has 104 valence electrons. The summed E-state index contributed by atoms with van der Waals surface area (Å²) >= 11 is 5.99. The summed E-state index contributed by atoms with van der Waals surface area (Å²) in [6.07, 6.45) is 0. The molecule has 0 spiro atoms. The first-order valence-electron chi connectivity index (χ1n) is 6.44. The Balaban J connectivity index is 2.05. The maximum Gasteiger partial charge on any atom is 0.234 e. The monoisotopic (exact) mass is 288 g/mol. The first-order chi connectivity index (χ1) is 9.56. The third-order valence-corrected chi connectivity index (χ3v) is 3.39. The highest BCUT2D eigenvalue weighted by atomic mass is 35.5. The first-order valence-corrected chi connectivity index (χ1v) is 6.81. The van der Waals surface area contributed by atoms with E-state index in [9.17, 15) is 4.79 Å². The van der Waals surface area contributed by atoms with E-state index < -0.39 is 0 Å². The number of carbonyl (C=O) groups excluding carboxylic acids is 1. The predicted molar refractivity (Wildman–Crippen MR) is 82.4 cm³/mol. The Morgan fingerprint density at radius 3 is 2.50 bits per heavy atom. The minimum atomic E-state index is -0.347. The molecule has 0 saturated heterocycles. The summed E-state index contributed by atoms with van der Waals surface area (Å²) in [4.78, 5) is 10.9. The van der Waals surface area contributed by atoms with Crippen LogP contribution in [0.25, 0.3) is 11.1 Å². The summed E-state index contributed by atoms with van der Waals surface area (Å²) in [5.74, 6) is -0.347. The third kappa shape index (κ3) is 3.83. The number of hydrogen-bond donors (Lipinski definition) is 2. The number of halogens is 1. The molecule has 0 bridgehead atoms. The number of nitrogens with one attached hydrogen (secondary N) is 1. The molecule has 2 aromatic carbocycles. The normalized spacial score (nSPS) is 12.1. The van der Waals surface area contributed by atoms with Gasteiger partial charge in [0.25, 0.3) is 0 Å². The van der Waals surface area contributed by atoms with Crippen molar-refractivity contribution >= 4 is 17.5 Å². The maximum absolute atomic E-state index is 10.9. The van der Waals surface area contributed by atoms with Crippen molar-refractivity contribution in [3.63, 3.8) is 0 Å². The Kier molecular flexibility index (Phi) is 4.77. The molecule has 0 aromatic heterocycles. The minimum Gasteiger partial charge on any atom is -0.368 e. The highest BCUT2D eigenvalue weighted by Crippen LogP contribution is 2.22. The Morgan fingerprint density at radius 1 is 1.20 bits per heavy atom. The van der Waals surface area contributed by atoms with Crippen molar-refractivity contribution in [1.29, 1.82) is 0 Å². The molecule has 1 amide bonds. The Labute approximate surface area is 123 Å². The third-order valence-electron chi connectivity index (χ3n) is 3.15. The van der Waals surface area contributed by atoms with E-state index in [0.29, 0.717) is 6.54 Å². The van der Waals surface area contributed by atoms with Crippen LogP contribution in [0.15, 0.2) is 48.5 Å². The van der Waals surface area contributed by atoms with Crippen molar-refractivity contribution in [1.82, 2.24) is 5.32 Å². The average Bonchev–Trinajstić information content (AvgIpc) is 2.45. The number of rotatable bonds is 5. The summed E-state index contributed by atoms with van der Waals surface area (Å²) in [7, 11) is 0. The summed E-state index contributed by atoms with van der Waals surface area (Å²) in [6, 6.07) is 15.5. The molecule has 3 nitrogen and oxygen atoms in total. The van der Waals surface area contributed by atoms with Crippen LogP contribution in [-0.2, 0) is 11.3 Å². The van der Waals surface area contributed by atoms with Crippen LogP contribution >= 0.6 is 11.6 Å². The van der Waals surface area contributed by atoms with E-state index in [4.69, 9.17) is 17.3 Å². The van der Waals surface area contributed by atoms with Crippen molar-refractivity contribution in [2.24, 2.45) is 5.73 Å². The molecule has 0 aliphatic heterocycles. The number of primary amides is 1. The van der Waals surface area contributed by atoms with Gasteiger partial charge in [0.15, 0.2) is 0 Å². The van der Waals surface area contributed by atoms with E-state index in [1.165, 1.54) is 0 Å². The molecule has 0 aliphatic carbocycles. The molecule has 0 fully saturated rings. The van der Waals surface area contributed by atoms with Crippen LogP contribution in [0.4, 0.5) is 0 Å². The number of carbonyl (C=O) groups is 1. The Hall–Kier alpha value is -1.84. The van der Waals surface area contributed by atoms with Gasteiger partial charge in [-0.15, -0.1) is 0 Å². The van der Waals surface area contributed by atoms with Crippen LogP contribution in [0, 0.1) is 0 Å². The fraction of sp³-hybridized carbons (Fsp3) is 0.188. The van der Waals surface area contributed by atoms with Crippen molar-refractivity contribution in [3.8, 4) is 11.1 Å². The van der Waals surface area contributed by atoms with Crippen LogP contribution in [0.1, 0.15) is 12.5 Å². The molecule has 1 unspecified atom stereocenters. The Morgan fingerprint density at radius 2 is 1.90 bits per heavy atom. The molecule has 1 atom stereocenters. The van der Waals surface area contributed by atoms with Gasteiger partial charge in [-0.2, -0.15) is 0 Å². The molecule has 0 radical (unpaired) electrons. The lowest BCUT2D eigenvalue weighted by Gasteiger charge is -2.10. The minimum absolute atomic E-state index is 0.331. The van der Waals surface area contributed by atoms with Crippen molar-refractivity contribution in [2.75, 3.05) is 0 Å². The molecule has 0 aliphatic rings. The van der Waals surface area contributed by atoms with Gasteiger partial charge in [-0.25, -0.2) is 0 Å². The Bertz CT molecular complexity index is 596. The van der Waals surface area contributed by atoms with Gasteiger partial charge in [0.1, 0.15) is 0 Å². The lowest BCUT2D eigenvalue weighted by Crippen LogP contribution is -2.38. The van der Waals surface area contributed by atoms with Gasteiger partial charge in [0, 0.05) is 11.6 Å². The highest BCUT2D eigenvalue weighted by Gasteiger charge is 2.07. The van der Waals surface area contributed by atoms with Crippen LogP contribution in [0.5, 0.6) is 0 Å². The van der Waals surface area contributed by atoms with Crippen LogP contribution < -0.4 is 11.1 Å². The molecule has 2 rings (SSSR count). The predicted octanol–water partition coefficient (Wildman–Crippen LogP) is 2.97. The second kappa shape index (κ2) is 6.55. The largest absolute Gasteiger partial charge is 0.368 e. The lowest BCUT2D eigenvalue weighted by atomic mass is 10.0. The zero-order chi connectivity index (χ0) is 14.5. The van der Waals surface area contributed by atoms with Gasteiger partial charge in [-0.1, -0.05) is 48.0 Å². The van der Waals surface area contributed by atoms with Crippen LogP contribution in [0.3, 0.4) is 0 Å². The lowest BCUT2D eigenvalue weighted by molar-refractivity contribution is -0.119. The van der Waals surface area contributed by atoms with Gasteiger partial charge < -0.3 is 11.1 Å². The van der Waals surface area contributed by atoms with E-state index in [0.717, 1.165) is 21.7 Å². The summed E-state index contributed by atoms with van der Waals surface area (Å²) in [5.41, 5.74) is 8.50. The second-order valence-corrected chi connectivity index (χ2v) is 5.15. The van der Waals surface area contributed by atoms with E-state index in [1.807, 2.05) is 48.5 Å². The van der Waals surface area contributed by atoms with Gasteiger partial charge in [-0.05, 0) is 35.7 Å². The fourth-order valence-electron chi connectivity index (χ4n) is 1.85. The van der Waals surface area contributed by atoms with Crippen molar-refractivity contribution in [2.45, 2.75) is 19.5 Å². The van der Waals surface area contributed by atoms with Gasteiger partial charge in [0.05, 0.1) is 6.04 Å². The molecular weight excluding hydrogens is 272 g/mol. The maximum atomic E-state index is 10.9. The molecule has 4 heteroatoms. The van der Waals surface area contributed by atoms with Crippen LogP contribution in [-0.4, -0.2) is 11.9 Å². The zero-order valence-electron chi connectivity index (χ0n) is 11.3. The number of nitrogens with two attached hydrogens (primary N) is 1. The van der Waals surface area contributed by atoms with Crippen molar-refractivity contribution in [3.05, 3.63) is 59.1 Å². The molecule has 3 N–H and O–H groups in total. The van der Waals surface area contributed by atoms with Crippen LogP contribution in [0.2, 0.25) is 5.02 Å². The standard InChI is InChI=1S/C16H17ClN2O/c1-11(16(18)20)19-10-12-5-7-13(8-6-12)14-3-2-4-15(17)9-14/h2-9,11,19H,10H2,1H3,(H2,18,20). The smallest absolute Gasteiger partial charge is 0.234 e. The topological polar surface area (TPSA) is 55.1 Å². The van der Waals surface area contributed by atoms with E-state index >= 15 is 0 Å². The van der Waals surface area contributed by atoms with E-state index in [-0.39, 0.29) is 11.9 Å². The molecule has 0 saturated carbocycles. The quantitative estimate of drug-likeness (QED) is 0.889.